The maximum absolute atomic E-state index is 13.2. The molecule has 1 aliphatic heterocycles. The zero-order valence-electron chi connectivity index (χ0n) is 19.1. The highest BCUT2D eigenvalue weighted by Gasteiger charge is 2.16. The van der Waals surface area contributed by atoms with Crippen molar-refractivity contribution in [1.29, 1.82) is 0 Å². The number of amides is 3. The fourth-order valence-electron chi connectivity index (χ4n) is 3.62. The van der Waals surface area contributed by atoms with Crippen LogP contribution in [0.2, 0.25) is 5.15 Å². The fourth-order valence-corrected chi connectivity index (χ4v) is 3.96. The van der Waals surface area contributed by atoms with Gasteiger partial charge in [0.1, 0.15) is 11.0 Å². The number of anilines is 2. The van der Waals surface area contributed by atoms with Gasteiger partial charge in [0, 0.05) is 36.2 Å². The summed E-state index contributed by atoms with van der Waals surface area (Å²) >= 11 is 6.44. The molecule has 0 aliphatic carbocycles. The summed E-state index contributed by atoms with van der Waals surface area (Å²) < 4.78 is 20.2. The molecular weight excluding hydrogens is 473 g/mol. The summed E-state index contributed by atoms with van der Waals surface area (Å²) in [7, 11) is 0. The maximum Gasteiger partial charge on any atom is 0.319 e. The first-order chi connectivity index (χ1) is 16.9. The van der Waals surface area contributed by atoms with E-state index in [2.05, 4.69) is 21.0 Å². The lowest BCUT2D eigenvalue weighted by Crippen LogP contribution is -2.35. The maximum atomic E-state index is 13.2. The second kappa shape index (κ2) is 11.2. The van der Waals surface area contributed by atoms with E-state index in [0.29, 0.717) is 40.0 Å². The van der Waals surface area contributed by atoms with Gasteiger partial charge in [0.2, 0.25) is 5.91 Å². The van der Waals surface area contributed by atoms with E-state index in [0.717, 1.165) is 19.4 Å². The number of urea groups is 1. The third-order valence-corrected chi connectivity index (χ3v) is 5.81. The monoisotopic (exact) mass is 497 g/mol. The van der Waals surface area contributed by atoms with Crippen LogP contribution in [0.25, 0.3) is 11.8 Å². The van der Waals surface area contributed by atoms with Crippen LogP contribution in [0.1, 0.15) is 24.1 Å². The fraction of sp³-hybridized carbons (Fsp3) is 0.240. The molecule has 182 valence electrons. The molecule has 1 atom stereocenters. The summed E-state index contributed by atoms with van der Waals surface area (Å²) in [5.74, 6) is -0.711. The molecule has 2 heterocycles. The molecule has 3 amide bonds. The molecule has 1 aromatic heterocycles. The predicted molar refractivity (Wildman–Crippen MR) is 133 cm³/mol. The number of halogens is 2. The van der Waals surface area contributed by atoms with Crippen molar-refractivity contribution < 1.29 is 18.7 Å². The smallest absolute Gasteiger partial charge is 0.319 e. The van der Waals surface area contributed by atoms with Crippen LogP contribution in [-0.2, 0) is 9.53 Å². The van der Waals surface area contributed by atoms with Crippen LogP contribution >= 0.6 is 11.6 Å². The minimum Gasteiger partial charge on any atom is -0.376 e. The molecular formula is C25H25ClFN5O3. The van der Waals surface area contributed by atoms with Gasteiger partial charge in [-0.3, -0.25) is 4.79 Å². The van der Waals surface area contributed by atoms with E-state index >= 15 is 0 Å². The number of carbonyl (C=O) groups excluding carboxylic acids is 2. The van der Waals surface area contributed by atoms with Gasteiger partial charge < -0.3 is 20.7 Å². The van der Waals surface area contributed by atoms with Crippen molar-refractivity contribution in [2.45, 2.75) is 25.9 Å². The zero-order valence-corrected chi connectivity index (χ0v) is 19.8. The zero-order chi connectivity index (χ0) is 24.8. The van der Waals surface area contributed by atoms with Crippen molar-refractivity contribution >= 4 is 41.0 Å². The Morgan fingerprint density at radius 3 is 2.49 bits per heavy atom. The van der Waals surface area contributed by atoms with E-state index in [1.165, 1.54) is 22.9 Å². The first kappa shape index (κ1) is 24.4. The largest absolute Gasteiger partial charge is 0.376 e. The first-order valence-electron chi connectivity index (χ1n) is 11.2. The molecule has 3 N–H and O–H groups in total. The SMILES string of the molecule is Cc1nn(-c2ccc(F)cc2)c(Cl)c1/C=C/C(=O)Nc1ccc(NC(=O)NCC2CCCO2)cc1. The van der Waals surface area contributed by atoms with Gasteiger partial charge in [-0.25, -0.2) is 13.9 Å². The number of nitrogens with one attached hydrogen (secondary N) is 3. The molecule has 1 unspecified atom stereocenters. The van der Waals surface area contributed by atoms with Crippen LogP contribution in [0, 0.1) is 12.7 Å². The highest BCUT2D eigenvalue weighted by Crippen LogP contribution is 2.25. The van der Waals surface area contributed by atoms with Gasteiger partial charge >= 0.3 is 6.03 Å². The number of rotatable bonds is 7. The summed E-state index contributed by atoms with van der Waals surface area (Å²) in [6.07, 6.45) is 4.97. The number of aryl methyl sites for hydroxylation is 1. The molecule has 0 radical (unpaired) electrons. The van der Waals surface area contributed by atoms with Crippen LogP contribution < -0.4 is 16.0 Å². The van der Waals surface area contributed by atoms with Gasteiger partial charge in [0.15, 0.2) is 0 Å². The van der Waals surface area contributed by atoms with Gasteiger partial charge in [-0.2, -0.15) is 5.10 Å². The summed E-state index contributed by atoms with van der Waals surface area (Å²) in [5.41, 5.74) is 2.97. The molecule has 0 spiro atoms. The van der Waals surface area contributed by atoms with E-state index in [4.69, 9.17) is 16.3 Å². The van der Waals surface area contributed by atoms with E-state index in [-0.39, 0.29) is 23.9 Å². The average molecular weight is 498 g/mol. The van der Waals surface area contributed by atoms with Crippen LogP contribution in [0.5, 0.6) is 0 Å². The number of nitrogens with zero attached hydrogens (tertiary/aromatic N) is 2. The highest BCUT2D eigenvalue weighted by molar-refractivity contribution is 6.31. The first-order valence-corrected chi connectivity index (χ1v) is 11.5. The molecule has 1 fully saturated rings. The molecule has 4 rings (SSSR count). The van der Waals surface area contributed by atoms with E-state index < -0.39 is 0 Å². The molecule has 1 aliphatic rings. The number of aromatic nitrogens is 2. The molecule has 1 saturated heterocycles. The van der Waals surface area contributed by atoms with Crippen molar-refractivity contribution in [3.05, 3.63) is 76.8 Å². The highest BCUT2D eigenvalue weighted by atomic mass is 35.5. The molecule has 35 heavy (non-hydrogen) atoms. The summed E-state index contributed by atoms with van der Waals surface area (Å²) in [4.78, 5) is 24.4. The second-order valence-corrected chi connectivity index (χ2v) is 8.41. The lowest BCUT2D eigenvalue weighted by Gasteiger charge is -2.12. The van der Waals surface area contributed by atoms with Crippen LogP contribution in [0.4, 0.5) is 20.6 Å². The molecule has 0 saturated carbocycles. The number of benzene rings is 2. The summed E-state index contributed by atoms with van der Waals surface area (Å²) in [6.45, 7) is 2.98. The molecule has 8 nitrogen and oxygen atoms in total. The molecule has 3 aromatic rings. The van der Waals surface area contributed by atoms with E-state index in [1.54, 1.807) is 49.4 Å². The Hall–Kier alpha value is -3.69. The summed E-state index contributed by atoms with van der Waals surface area (Å²) in [6, 6.07) is 12.2. The van der Waals surface area contributed by atoms with Gasteiger partial charge in [0.25, 0.3) is 0 Å². The molecule has 10 heteroatoms. The minimum atomic E-state index is -0.356. The van der Waals surface area contributed by atoms with E-state index in [9.17, 15) is 14.0 Å². The predicted octanol–water partition coefficient (Wildman–Crippen LogP) is 4.93. The standard InChI is InChI=1S/C25H25ClFN5O3/c1-16-22(24(26)32(31-16)20-10-4-17(27)5-11-20)12-13-23(33)29-18-6-8-19(9-7-18)30-25(34)28-15-21-3-2-14-35-21/h4-13,21H,2-3,14-15H2,1H3,(H,29,33)(H2,28,30,34)/b13-12+. The Bertz CT molecular complexity index is 1220. The Morgan fingerprint density at radius 2 is 1.83 bits per heavy atom. The van der Waals surface area contributed by atoms with Crippen molar-refractivity contribution in [3.63, 3.8) is 0 Å². The Kier molecular flexibility index (Phi) is 7.79. The minimum absolute atomic E-state index is 0.0716. The molecule has 0 bridgehead atoms. The van der Waals surface area contributed by atoms with Crippen LogP contribution in [0.15, 0.2) is 54.6 Å². The number of ether oxygens (including phenoxy) is 1. The third kappa shape index (κ3) is 6.46. The number of carbonyl (C=O) groups is 2. The van der Waals surface area contributed by atoms with Crippen molar-refractivity contribution in [3.8, 4) is 5.69 Å². The quantitative estimate of drug-likeness (QED) is 0.403. The Balaban J connectivity index is 1.31. The number of hydrogen-bond donors (Lipinski definition) is 3. The number of hydrogen-bond acceptors (Lipinski definition) is 4. The lowest BCUT2D eigenvalue weighted by molar-refractivity contribution is -0.111. The topological polar surface area (TPSA) is 97.3 Å². The van der Waals surface area contributed by atoms with Crippen LogP contribution in [-0.4, -0.2) is 41.0 Å². The van der Waals surface area contributed by atoms with Crippen molar-refractivity contribution in [2.24, 2.45) is 0 Å². The van der Waals surface area contributed by atoms with Gasteiger partial charge in [0.05, 0.1) is 17.5 Å². The average Bonchev–Trinajstić information content (AvgIpc) is 3.46. The lowest BCUT2D eigenvalue weighted by atomic mass is 10.2. The van der Waals surface area contributed by atoms with Gasteiger partial charge in [-0.05, 0) is 74.4 Å². The third-order valence-electron chi connectivity index (χ3n) is 5.45. The van der Waals surface area contributed by atoms with Gasteiger partial charge in [-0.15, -0.1) is 0 Å². The van der Waals surface area contributed by atoms with Crippen molar-refractivity contribution in [1.82, 2.24) is 15.1 Å². The normalized spacial score (nSPS) is 15.3. The second-order valence-electron chi connectivity index (χ2n) is 8.05. The Labute approximate surface area is 207 Å². The Morgan fingerprint density at radius 1 is 1.14 bits per heavy atom. The molecule has 2 aromatic carbocycles. The van der Waals surface area contributed by atoms with E-state index in [1.807, 2.05) is 0 Å². The van der Waals surface area contributed by atoms with Crippen LogP contribution in [0.3, 0.4) is 0 Å². The van der Waals surface area contributed by atoms with Crippen molar-refractivity contribution in [2.75, 3.05) is 23.8 Å². The summed E-state index contributed by atoms with van der Waals surface area (Å²) in [5, 5.41) is 13.0. The van der Waals surface area contributed by atoms with Gasteiger partial charge in [-0.1, -0.05) is 11.6 Å².